The Morgan fingerprint density at radius 1 is 1.05 bits per heavy atom. The van der Waals surface area contributed by atoms with Crippen LogP contribution < -0.4 is 4.90 Å². The van der Waals surface area contributed by atoms with E-state index >= 15 is 0 Å². The van der Waals surface area contributed by atoms with Crippen molar-refractivity contribution in [1.82, 2.24) is 0 Å². The van der Waals surface area contributed by atoms with Gasteiger partial charge in [-0.1, -0.05) is 36.8 Å². The van der Waals surface area contributed by atoms with Gasteiger partial charge in [-0.05, 0) is 36.2 Å². The number of nitrogens with zero attached hydrogens (tertiary/aromatic N) is 1. The molecule has 0 atom stereocenters. The minimum absolute atomic E-state index is 0.0580. The lowest BCUT2D eigenvalue weighted by Gasteiger charge is -2.18. The van der Waals surface area contributed by atoms with Crippen LogP contribution in [0.1, 0.15) is 29.3 Å². The van der Waals surface area contributed by atoms with Crippen LogP contribution in [0.5, 0.6) is 0 Å². The van der Waals surface area contributed by atoms with Crippen molar-refractivity contribution in [1.29, 1.82) is 0 Å². The molecule has 0 aliphatic heterocycles. The van der Waals surface area contributed by atoms with E-state index in [1.807, 2.05) is 37.3 Å². The fraction of sp³-hybridized carbons (Fsp3) is 0.222. The van der Waals surface area contributed by atoms with Crippen LogP contribution >= 0.6 is 0 Å². The Morgan fingerprint density at radius 2 is 1.68 bits per heavy atom. The molecule has 0 aliphatic rings. The Hall–Kier alpha value is -2.62. The van der Waals surface area contributed by atoms with Crippen molar-refractivity contribution in [2.45, 2.75) is 20.3 Å². The average Bonchev–Trinajstić information content (AvgIpc) is 2.53. The zero-order chi connectivity index (χ0) is 16.3. The maximum Gasteiger partial charge on any atom is 0.335 e. The van der Waals surface area contributed by atoms with Gasteiger partial charge in [-0.15, -0.1) is 0 Å². The summed E-state index contributed by atoms with van der Waals surface area (Å²) in [5.41, 5.74) is 3.60. The molecular weight excluding hydrogens is 278 g/mol. The lowest BCUT2D eigenvalue weighted by atomic mass is 10.0. The van der Waals surface area contributed by atoms with Crippen molar-refractivity contribution in [3.05, 3.63) is 53.6 Å². The third kappa shape index (κ3) is 3.34. The van der Waals surface area contributed by atoms with Crippen molar-refractivity contribution in [2.75, 3.05) is 11.9 Å². The number of carboxylic acid groups (broad SMARTS) is 1. The predicted molar refractivity (Wildman–Crippen MR) is 87.3 cm³/mol. The smallest absolute Gasteiger partial charge is 0.335 e. The lowest BCUT2D eigenvalue weighted by molar-refractivity contribution is -0.118. The molecule has 4 nitrogen and oxygen atoms in total. The van der Waals surface area contributed by atoms with Crippen LogP contribution in [0.25, 0.3) is 11.1 Å². The van der Waals surface area contributed by atoms with Crippen molar-refractivity contribution in [2.24, 2.45) is 0 Å². The van der Waals surface area contributed by atoms with Gasteiger partial charge in [0.15, 0.2) is 0 Å². The van der Waals surface area contributed by atoms with Crippen molar-refractivity contribution >= 4 is 17.6 Å². The highest BCUT2D eigenvalue weighted by Crippen LogP contribution is 2.27. The minimum Gasteiger partial charge on any atom is -0.478 e. The maximum atomic E-state index is 11.9. The third-order valence-corrected chi connectivity index (χ3v) is 3.61. The largest absolute Gasteiger partial charge is 0.478 e. The zero-order valence-electron chi connectivity index (χ0n) is 13.0. The van der Waals surface area contributed by atoms with E-state index in [2.05, 4.69) is 0 Å². The molecule has 2 rings (SSSR count). The number of aryl methyl sites for hydroxylation is 1. The van der Waals surface area contributed by atoms with Crippen LogP contribution in [0.15, 0.2) is 42.5 Å². The number of hydrogen-bond donors (Lipinski definition) is 1. The molecule has 0 heterocycles. The van der Waals surface area contributed by atoms with Gasteiger partial charge in [0.1, 0.15) is 0 Å². The molecule has 0 radical (unpaired) electrons. The van der Waals surface area contributed by atoms with Crippen LogP contribution in [0.3, 0.4) is 0 Å². The van der Waals surface area contributed by atoms with Crippen molar-refractivity contribution < 1.29 is 14.7 Å². The monoisotopic (exact) mass is 297 g/mol. The molecule has 0 unspecified atom stereocenters. The summed E-state index contributed by atoms with van der Waals surface area (Å²) >= 11 is 0. The summed E-state index contributed by atoms with van der Waals surface area (Å²) < 4.78 is 0. The highest BCUT2D eigenvalue weighted by atomic mass is 16.4. The first-order valence-electron chi connectivity index (χ1n) is 7.14. The van der Waals surface area contributed by atoms with Gasteiger partial charge in [0.25, 0.3) is 0 Å². The molecule has 0 aliphatic carbocycles. The molecule has 2 aromatic carbocycles. The van der Waals surface area contributed by atoms with E-state index in [-0.39, 0.29) is 11.5 Å². The molecule has 2 aromatic rings. The van der Waals surface area contributed by atoms with E-state index in [1.165, 1.54) is 11.0 Å². The fourth-order valence-electron chi connectivity index (χ4n) is 2.22. The first-order chi connectivity index (χ1) is 10.4. The first-order valence-corrected chi connectivity index (χ1v) is 7.14. The number of amides is 1. The summed E-state index contributed by atoms with van der Waals surface area (Å²) in [7, 11) is 1.66. The average molecular weight is 297 g/mol. The van der Waals surface area contributed by atoms with E-state index in [0.717, 1.165) is 16.7 Å². The number of rotatable bonds is 4. The number of anilines is 1. The van der Waals surface area contributed by atoms with Gasteiger partial charge in [-0.3, -0.25) is 4.79 Å². The van der Waals surface area contributed by atoms with Gasteiger partial charge in [-0.25, -0.2) is 4.79 Å². The topological polar surface area (TPSA) is 57.6 Å². The van der Waals surface area contributed by atoms with Crippen molar-refractivity contribution in [3.8, 4) is 11.1 Å². The Labute approximate surface area is 130 Å². The summed E-state index contributed by atoms with van der Waals surface area (Å²) in [5.74, 6) is -1.06. The SMILES string of the molecule is CCC(=O)N(C)c1cc(C(=O)O)cc(-c2ccc(C)cc2)c1. The van der Waals surface area contributed by atoms with Gasteiger partial charge in [0.2, 0.25) is 5.91 Å². The molecule has 22 heavy (non-hydrogen) atoms. The lowest BCUT2D eigenvalue weighted by Crippen LogP contribution is -2.25. The maximum absolute atomic E-state index is 11.9. The summed E-state index contributed by atoms with van der Waals surface area (Å²) in [6.45, 7) is 3.78. The van der Waals surface area contributed by atoms with Crippen LogP contribution in [0, 0.1) is 6.92 Å². The highest BCUT2D eigenvalue weighted by Gasteiger charge is 2.14. The van der Waals surface area contributed by atoms with Gasteiger partial charge in [0.05, 0.1) is 5.56 Å². The Morgan fingerprint density at radius 3 is 2.23 bits per heavy atom. The van der Waals surface area contributed by atoms with Crippen molar-refractivity contribution in [3.63, 3.8) is 0 Å². The minimum atomic E-state index is -1.01. The second-order valence-electron chi connectivity index (χ2n) is 5.25. The molecule has 4 heteroatoms. The summed E-state index contributed by atoms with van der Waals surface area (Å²) in [4.78, 5) is 24.7. The molecule has 0 saturated heterocycles. The van der Waals surface area contributed by atoms with Gasteiger partial charge < -0.3 is 10.0 Å². The number of aromatic carboxylic acids is 1. The Balaban J connectivity index is 2.54. The molecule has 0 fully saturated rings. The van der Waals surface area contributed by atoms with E-state index < -0.39 is 5.97 Å². The Bertz CT molecular complexity index is 705. The van der Waals surface area contributed by atoms with E-state index in [1.54, 1.807) is 20.0 Å². The number of carbonyl (C=O) groups excluding carboxylic acids is 1. The number of hydrogen-bond acceptors (Lipinski definition) is 2. The van der Waals surface area contributed by atoms with Gasteiger partial charge >= 0.3 is 5.97 Å². The number of carboxylic acids is 1. The zero-order valence-corrected chi connectivity index (χ0v) is 13.0. The van der Waals surface area contributed by atoms with Crippen LogP contribution in [0.4, 0.5) is 5.69 Å². The van der Waals surface area contributed by atoms with Crippen LogP contribution in [0.2, 0.25) is 0 Å². The molecule has 1 amide bonds. The van der Waals surface area contributed by atoms with E-state index in [4.69, 9.17) is 0 Å². The molecule has 0 aromatic heterocycles. The molecule has 0 saturated carbocycles. The molecule has 114 valence electrons. The predicted octanol–water partition coefficient (Wildman–Crippen LogP) is 3.73. The molecule has 0 spiro atoms. The normalized spacial score (nSPS) is 10.3. The van der Waals surface area contributed by atoms with E-state index in [9.17, 15) is 14.7 Å². The third-order valence-electron chi connectivity index (χ3n) is 3.61. The van der Waals surface area contributed by atoms with Gasteiger partial charge in [-0.2, -0.15) is 0 Å². The summed E-state index contributed by atoms with van der Waals surface area (Å²) in [6.07, 6.45) is 0.369. The fourth-order valence-corrected chi connectivity index (χ4v) is 2.22. The standard InChI is InChI=1S/C18H19NO3/c1-4-17(20)19(3)16-10-14(9-15(11-16)18(21)22)13-7-5-12(2)6-8-13/h5-11H,4H2,1-3H3,(H,21,22). The Kier molecular flexibility index (Phi) is 4.61. The first kappa shape index (κ1) is 15.8. The van der Waals surface area contributed by atoms with Crippen LogP contribution in [-0.4, -0.2) is 24.0 Å². The molecule has 1 N–H and O–H groups in total. The van der Waals surface area contributed by atoms with E-state index in [0.29, 0.717) is 12.1 Å². The molecule has 0 bridgehead atoms. The number of carbonyl (C=O) groups is 2. The number of benzene rings is 2. The quantitative estimate of drug-likeness (QED) is 0.935. The highest BCUT2D eigenvalue weighted by molar-refractivity contribution is 5.97. The second-order valence-corrected chi connectivity index (χ2v) is 5.25. The second kappa shape index (κ2) is 6.43. The van der Waals surface area contributed by atoms with Crippen LogP contribution in [-0.2, 0) is 4.79 Å². The van der Waals surface area contributed by atoms with Gasteiger partial charge in [0, 0.05) is 19.2 Å². The summed E-state index contributed by atoms with van der Waals surface area (Å²) in [5, 5.41) is 9.30. The summed E-state index contributed by atoms with van der Waals surface area (Å²) in [6, 6.07) is 12.8. The molecular formula is C18H19NO3.